The van der Waals surface area contributed by atoms with E-state index in [2.05, 4.69) is 5.32 Å². The molecule has 0 saturated heterocycles. The maximum Gasteiger partial charge on any atom is 0.410 e. The maximum atomic E-state index is 12.1. The van der Waals surface area contributed by atoms with Crippen LogP contribution in [0.3, 0.4) is 0 Å². The van der Waals surface area contributed by atoms with Gasteiger partial charge in [0.25, 0.3) is 5.91 Å². The average Bonchev–Trinajstić information content (AvgIpc) is 2.44. The molecular weight excluding hydrogens is 296 g/mol. The van der Waals surface area contributed by atoms with Gasteiger partial charge >= 0.3 is 6.09 Å². The van der Waals surface area contributed by atoms with Gasteiger partial charge < -0.3 is 20.1 Å². The minimum atomic E-state index is -0.554. The van der Waals surface area contributed by atoms with Gasteiger partial charge in [0.1, 0.15) is 11.4 Å². The molecule has 6 heteroatoms. The van der Waals surface area contributed by atoms with Gasteiger partial charge in [0.2, 0.25) is 0 Å². The van der Waals surface area contributed by atoms with E-state index in [9.17, 15) is 14.7 Å². The molecule has 0 fully saturated rings. The van der Waals surface area contributed by atoms with Crippen molar-refractivity contribution in [1.82, 2.24) is 10.2 Å². The fraction of sp³-hybridized carbons (Fsp3) is 0.529. The summed E-state index contributed by atoms with van der Waals surface area (Å²) >= 11 is 0. The molecule has 2 N–H and O–H groups in total. The van der Waals surface area contributed by atoms with E-state index in [1.54, 1.807) is 32.9 Å². The average molecular weight is 322 g/mol. The van der Waals surface area contributed by atoms with E-state index in [1.165, 1.54) is 11.0 Å². The van der Waals surface area contributed by atoms with Crippen LogP contribution < -0.4 is 5.32 Å². The van der Waals surface area contributed by atoms with Gasteiger partial charge in [-0.25, -0.2) is 4.79 Å². The zero-order valence-electron chi connectivity index (χ0n) is 14.5. The second-order valence-electron chi connectivity index (χ2n) is 6.34. The molecule has 6 nitrogen and oxygen atoms in total. The lowest BCUT2D eigenvalue weighted by Gasteiger charge is -2.26. The molecule has 0 aliphatic carbocycles. The van der Waals surface area contributed by atoms with E-state index in [1.807, 2.05) is 13.8 Å². The number of nitrogens with zero attached hydrogens (tertiary/aromatic N) is 1. The van der Waals surface area contributed by atoms with Crippen molar-refractivity contribution in [2.24, 2.45) is 0 Å². The predicted octanol–water partition coefficient (Wildman–Crippen LogP) is 2.69. The second-order valence-corrected chi connectivity index (χ2v) is 6.34. The molecule has 2 amide bonds. The van der Waals surface area contributed by atoms with Crippen LogP contribution in [-0.2, 0) is 4.74 Å². The van der Waals surface area contributed by atoms with Crippen LogP contribution in [0.25, 0.3) is 0 Å². The minimum absolute atomic E-state index is 0.0624. The molecule has 0 radical (unpaired) electrons. The molecule has 0 bridgehead atoms. The Balaban J connectivity index is 2.55. The van der Waals surface area contributed by atoms with Crippen molar-refractivity contribution in [3.05, 3.63) is 29.3 Å². The van der Waals surface area contributed by atoms with Gasteiger partial charge in [-0.15, -0.1) is 0 Å². The van der Waals surface area contributed by atoms with Gasteiger partial charge in [0, 0.05) is 19.6 Å². The van der Waals surface area contributed by atoms with Crippen LogP contribution in [0.2, 0.25) is 0 Å². The lowest BCUT2D eigenvalue weighted by Crippen LogP contribution is -2.41. The van der Waals surface area contributed by atoms with Gasteiger partial charge in [-0.05, 0) is 46.8 Å². The number of likely N-dealkylation sites (N-methyl/N-ethyl adjacent to an activating group) is 1. The van der Waals surface area contributed by atoms with Crippen LogP contribution in [0.5, 0.6) is 5.75 Å². The van der Waals surface area contributed by atoms with Crippen molar-refractivity contribution in [1.29, 1.82) is 0 Å². The summed E-state index contributed by atoms with van der Waals surface area (Å²) in [6.45, 7) is 10.2. The van der Waals surface area contributed by atoms with Gasteiger partial charge in [0.15, 0.2) is 0 Å². The number of aromatic hydroxyl groups is 1. The fourth-order valence-corrected chi connectivity index (χ4v) is 1.94. The Morgan fingerprint density at radius 2 is 1.96 bits per heavy atom. The normalized spacial score (nSPS) is 11.0. The number of amides is 2. The summed E-state index contributed by atoms with van der Waals surface area (Å²) in [5.41, 5.74) is 0.559. The molecule has 0 aliphatic rings. The van der Waals surface area contributed by atoms with Gasteiger partial charge in [-0.1, -0.05) is 11.6 Å². The van der Waals surface area contributed by atoms with Crippen LogP contribution in [0, 0.1) is 6.92 Å². The van der Waals surface area contributed by atoms with Crippen LogP contribution >= 0.6 is 0 Å². The quantitative estimate of drug-likeness (QED) is 0.873. The summed E-state index contributed by atoms with van der Waals surface area (Å²) in [6, 6.07) is 4.84. The predicted molar refractivity (Wildman–Crippen MR) is 88.7 cm³/mol. The standard InChI is InChI=1S/C17H26N2O4/c1-6-19(16(22)23-17(3,4)5)10-9-18-15(21)13-11-12(2)7-8-14(13)20/h7-8,11,20H,6,9-10H2,1-5H3,(H,18,21). The Morgan fingerprint density at radius 3 is 2.52 bits per heavy atom. The van der Waals surface area contributed by atoms with Gasteiger partial charge in [0.05, 0.1) is 5.56 Å². The highest BCUT2D eigenvalue weighted by molar-refractivity contribution is 5.97. The van der Waals surface area contributed by atoms with Crippen LogP contribution in [0.15, 0.2) is 18.2 Å². The highest BCUT2D eigenvalue weighted by Gasteiger charge is 2.21. The summed E-state index contributed by atoms with van der Waals surface area (Å²) in [4.78, 5) is 25.6. The molecule has 0 heterocycles. The first-order chi connectivity index (χ1) is 10.6. The second kappa shape index (κ2) is 7.85. The number of rotatable bonds is 5. The first kappa shape index (κ1) is 18.8. The lowest BCUT2D eigenvalue weighted by molar-refractivity contribution is 0.0260. The van der Waals surface area contributed by atoms with Crippen LogP contribution in [0.1, 0.15) is 43.6 Å². The van der Waals surface area contributed by atoms with Crippen molar-refractivity contribution in [2.45, 2.75) is 40.2 Å². The number of hydrogen-bond donors (Lipinski definition) is 2. The third-order valence-electron chi connectivity index (χ3n) is 3.10. The summed E-state index contributed by atoms with van der Waals surface area (Å²) in [7, 11) is 0. The molecule has 0 aromatic heterocycles. The Labute approximate surface area is 137 Å². The first-order valence-corrected chi connectivity index (χ1v) is 7.69. The zero-order chi connectivity index (χ0) is 17.6. The maximum absolute atomic E-state index is 12.1. The number of benzene rings is 1. The SMILES string of the molecule is CCN(CCNC(=O)c1cc(C)ccc1O)C(=O)OC(C)(C)C. The summed E-state index contributed by atoms with van der Waals surface area (Å²) in [5.74, 6) is -0.431. The molecule has 0 atom stereocenters. The summed E-state index contributed by atoms with van der Waals surface area (Å²) in [6.07, 6.45) is -0.410. The van der Waals surface area contributed by atoms with Crippen molar-refractivity contribution in [3.63, 3.8) is 0 Å². The van der Waals surface area contributed by atoms with Crippen molar-refractivity contribution < 1.29 is 19.4 Å². The Hall–Kier alpha value is -2.24. The number of carbonyl (C=O) groups excluding carboxylic acids is 2. The Kier molecular flexibility index (Phi) is 6.42. The number of aryl methyl sites for hydroxylation is 1. The number of carbonyl (C=O) groups is 2. The van der Waals surface area contributed by atoms with Crippen molar-refractivity contribution in [3.8, 4) is 5.75 Å². The van der Waals surface area contributed by atoms with E-state index in [0.29, 0.717) is 13.1 Å². The molecule has 0 aliphatic heterocycles. The Morgan fingerprint density at radius 1 is 1.30 bits per heavy atom. The van der Waals surface area contributed by atoms with E-state index in [-0.39, 0.29) is 23.8 Å². The molecule has 0 saturated carbocycles. The molecule has 23 heavy (non-hydrogen) atoms. The summed E-state index contributed by atoms with van der Waals surface area (Å²) < 4.78 is 5.30. The van der Waals surface area contributed by atoms with E-state index >= 15 is 0 Å². The molecule has 0 spiro atoms. The van der Waals surface area contributed by atoms with Crippen LogP contribution in [0.4, 0.5) is 4.79 Å². The fourth-order valence-electron chi connectivity index (χ4n) is 1.94. The molecule has 1 aromatic carbocycles. The first-order valence-electron chi connectivity index (χ1n) is 7.69. The Bertz CT molecular complexity index is 564. The highest BCUT2D eigenvalue weighted by Crippen LogP contribution is 2.17. The lowest BCUT2D eigenvalue weighted by atomic mass is 10.1. The van der Waals surface area contributed by atoms with Crippen LogP contribution in [-0.4, -0.2) is 47.2 Å². The number of phenols is 1. The third kappa shape index (κ3) is 6.18. The van der Waals surface area contributed by atoms with Crippen molar-refractivity contribution in [2.75, 3.05) is 19.6 Å². The number of ether oxygens (including phenoxy) is 1. The number of nitrogens with one attached hydrogen (secondary N) is 1. The molecular formula is C17H26N2O4. The smallest absolute Gasteiger partial charge is 0.410 e. The third-order valence-corrected chi connectivity index (χ3v) is 3.10. The molecule has 128 valence electrons. The van der Waals surface area contributed by atoms with E-state index in [4.69, 9.17) is 4.74 Å². The van der Waals surface area contributed by atoms with Crippen molar-refractivity contribution >= 4 is 12.0 Å². The topological polar surface area (TPSA) is 78.9 Å². The molecule has 1 rings (SSSR count). The largest absolute Gasteiger partial charge is 0.507 e. The number of hydrogen-bond acceptors (Lipinski definition) is 4. The molecule has 0 unspecified atom stereocenters. The summed E-state index contributed by atoms with van der Waals surface area (Å²) in [5, 5.41) is 12.4. The van der Waals surface area contributed by atoms with E-state index < -0.39 is 11.7 Å². The minimum Gasteiger partial charge on any atom is -0.507 e. The number of phenolic OH excluding ortho intramolecular Hbond substituents is 1. The van der Waals surface area contributed by atoms with Gasteiger partial charge in [-0.3, -0.25) is 4.79 Å². The molecule has 1 aromatic rings. The monoisotopic (exact) mass is 322 g/mol. The highest BCUT2D eigenvalue weighted by atomic mass is 16.6. The van der Waals surface area contributed by atoms with E-state index in [0.717, 1.165) is 5.56 Å². The zero-order valence-corrected chi connectivity index (χ0v) is 14.5. The van der Waals surface area contributed by atoms with Gasteiger partial charge in [-0.2, -0.15) is 0 Å².